The summed E-state index contributed by atoms with van der Waals surface area (Å²) in [6.45, 7) is 8.46. The molecular formula is C18H25N5O3S. The smallest absolute Gasteiger partial charge is 0.264 e. The van der Waals surface area contributed by atoms with Crippen LogP contribution in [0.4, 0.5) is 0 Å². The number of nitrogens with zero attached hydrogens (tertiary/aromatic N) is 4. The maximum absolute atomic E-state index is 13.0. The Morgan fingerprint density at radius 2 is 1.93 bits per heavy atom. The Hall–Kier alpha value is -2.26. The number of aromatic nitrogens is 2. The first-order valence-corrected chi connectivity index (χ1v) is 9.85. The van der Waals surface area contributed by atoms with Gasteiger partial charge in [-0.2, -0.15) is 0 Å². The van der Waals surface area contributed by atoms with Crippen molar-refractivity contribution in [3.63, 3.8) is 0 Å². The second kappa shape index (κ2) is 7.77. The summed E-state index contributed by atoms with van der Waals surface area (Å²) in [4.78, 5) is 46.5. The predicted octanol–water partition coefficient (Wildman–Crippen LogP) is 0.586. The highest BCUT2D eigenvalue weighted by Crippen LogP contribution is 2.28. The van der Waals surface area contributed by atoms with E-state index in [1.165, 1.54) is 22.2 Å². The minimum atomic E-state index is -0.131. The SMILES string of the molecule is Cc1c(C(=O)N2CCN(CC(=O)NC(C)C)CC2)sc2ncn(C)c(=O)c12. The molecule has 1 N–H and O–H groups in total. The molecule has 8 nitrogen and oxygen atoms in total. The number of amides is 2. The molecule has 146 valence electrons. The molecule has 0 aliphatic carbocycles. The number of thiophene rings is 1. The van der Waals surface area contributed by atoms with E-state index in [9.17, 15) is 14.4 Å². The molecule has 2 aromatic heterocycles. The zero-order valence-corrected chi connectivity index (χ0v) is 16.9. The summed E-state index contributed by atoms with van der Waals surface area (Å²) in [7, 11) is 1.65. The van der Waals surface area contributed by atoms with E-state index in [0.29, 0.717) is 53.4 Å². The maximum atomic E-state index is 13.0. The van der Waals surface area contributed by atoms with Gasteiger partial charge in [0.15, 0.2) is 0 Å². The number of rotatable bonds is 4. The van der Waals surface area contributed by atoms with Crippen molar-refractivity contribution in [3.8, 4) is 0 Å². The van der Waals surface area contributed by atoms with Gasteiger partial charge in [0, 0.05) is 39.3 Å². The van der Waals surface area contributed by atoms with Crippen LogP contribution in [0.3, 0.4) is 0 Å². The summed E-state index contributed by atoms with van der Waals surface area (Å²) < 4.78 is 1.43. The van der Waals surface area contributed by atoms with Gasteiger partial charge < -0.3 is 14.8 Å². The van der Waals surface area contributed by atoms with Gasteiger partial charge in [0.2, 0.25) is 5.91 Å². The summed E-state index contributed by atoms with van der Waals surface area (Å²) in [5.41, 5.74) is 0.571. The van der Waals surface area contributed by atoms with Gasteiger partial charge in [-0.15, -0.1) is 11.3 Å². The van der Waals surface area contributed by atoms with Crippen molar-refractivity contribution < 1.29 is 9.59 Å². The lowest BCUT2D eigenvalue weighted by Gasteiger charge is -2.34. The van der Waals surface area contributed by atoms with E-state index in [0.717, 1.165) is 0 Å². The lowest BCUT2D eigenvalue weighted by atomic mass is 10.2. The van der Waals surface area contributed by atoms with Crippen molar-refractivity contribution in [3.05, 3.63) is 27.1 Å². The van der Waals surface area contributed by atoms with E-state index in [4.69, 9.17) is 0 Å². The third-order valence-electron chi connectivity index (χ3n) is 4.68. The fourth-order valence-electron chi connectivity index (χ4n) is 3.24. The van der Waals surface area contributed by atoms with Crippen LogP contribution in [-0.4, -0.2) is 69.9 Å². The average molecular weight is 391 g/mol. The van der Waals surface area contributed by atoms with Gasteiger partial charge >= 0.3 is 0 Å². The summed E-state index contributed by atoms with van der Waals surface area (Å²) in [5, 5.41) is 3.41. The van der Waals surface area contributed by atoms with E-state index >= 15 is 0 Å². The molecule has 0 spiro atoms. The number of hydrogen-bond acceptors (Lipinski definition) is 6. The van der Waals surface area contributed by atoms with Crippen LogP contribution >= 0.6 is 11.3 Å². The van der Waals surface area contributed by atoms with E-state index in [1.807, 2.05) is 20.8 Å². The monoisotopic (exact) mass is 391 g/mol. The standard InChI is InChI=1S/C18H25N5O3S/c1-11(2)20-13(24)9-22-5-7-23(8-6-22)18(26)15-12(3)14-16(27-15)19-10-21(4)17(14)25/h10-11H,5-9H2,1-4H3,(H,20,24). The molecule has 0 radical (unpaired) electrons. The molecule has 2 amide bonds. The highest BCUT2D eigenvalue weighted by molar-refractivity contribution is 7.20. The first-order valence-electron chi connectivity index (χ1n) is 9.03. The van der Waals surface area contributed by atoms with Gasteiger partial charge in [0.05, 0.1) is 23.1 Å². The Morgan fingerprint density at radius 3 is 2.56 bits per heavy atom. The molecule has 9 heteroatoms. The molecule has 0 unspecified atom stereocenters. The molecule has 3 rings (SSSR count). The second-order valence-electron chi connectivity index (χ2n) is 7.19. The highest BCUT2D eigenvalue weighted by atomic mass is 32.1. The third-order valence-corrected chi connectivity index (χ3v) is 5.87. The van der Waals surface area contributed by atoms with Gasteiger partial charge in [-0.25, -0.2) is 4.98 Å². The summed E-state index contributed by atoms with van der Waals surface area (Å²) in [6.07, 6.45) is 1.48. The summed E-state index contributed by atoms with van der Waals surface area (Å²) in [6, 6.07) is 0.123. The quantitative estimate of drug-likeness (QED) is 0.824. The Kier molecular flexibility index (Phi) is 5.61. The van der Waals surface area contributed by atoms with Crippen LogP contribution in [0.5, 0.6) is 0 Å². The number of hydrogen-bond donors (Lipinski definition) is 1. The van der Waals surface area contributed by atoms with Gasteiger partial charge in [-0.3, -0.25) is 19.3 Å². The molecule has 0 saturated carbocycles. The average Bonchev–Trinajstić information content (AvgIpc) is 2.95. The van der Waals surface area contributed by atoms with Crippen molar-refractivity contribution in [1.29, 1.82) is 0 Å². The molecule has 0 atom stereocenters. The van der Waals surface area contributed by atoms with Gasteiger partial charge in [-0.05, 0) is 26.3 Å². The first-order chi connectivity index (χ1) is 12.8. The Morgan fingerprint density at radius 1 is 1.26 bits per heavy atom. The lowest BCUT2D eigenvalue weighted by Crippen LogP contribution is -2.51. The van der Waals surface area contributed by atoms with Crippen molar-refractivity contribution >= 4 is 33.4 Å². The Balaban J connectivity index is 1.69. The molecule has 1 saturated heterocycles. The van der Waals surface area contributed by atoms with Crippen LogP contribution in [0.25, 0.3) is 10.2 Å². The number of nitrogens with one attached hydrogen (secondary N) is 1. The van der Waals surface area contributed by atoms with Gasteiger partial charge in [0.1, 0.15) is 4.83 Å². The minimum Gasteiger partial charge on any atom is -0.353 e. The van der Waals surface area contributed by atoms with Crippen LogP contribution in [0.1, 0.15) is 29.1 Å². The molecule has 3 heterocycles. The fourth-order valence-corrected chi connectivity index (χ4v) is 4.34. The van der Waals surface area contributed by atoms with Crippen molar-refractivity contribution in [2.75, 3.05) is 32.7 Å². The first kappa shape index (κ1) is 19.5. The van der Waals surface area contributed by atoms with E-state index in [-0.39, 0.29) is 23.4 Å². The zero-order chi connectivity index (χ0) is 19.7. The summed E-state index contributed by atoms with van der Waals surface area (Å²) in [5.74, 6) is -0.0594. The maximum Gasteiger partial charge on any atom is 0.264 e. The van der Waals surface area contributed by atoms with Crippen LogP contribution in [0.15, 0.2) is 11.1 Å². The second-order valence-corrected chi connectivity index (χ2v) is 8.19. The fraction of sp³-hybridized carbons (Fsp3) is 0.556. The van der Waals surface area contributed by atoms with Crippen LogP contribution in [-0.2, 0) is 11.8 Å². The molecule has 27 heavy (non-hydrogen) atoms. The molecule has 0 aromatic carbocycles. The zero-order valence-electron chi connectivity index (χ0n) is 16.1. The Labute approximate surface area is 161 Å². The third kappa shape index (κ3) is 4.03. The van der Waals surface area contributed by atoms with Gasteiger partial charge in [-0.1, -0.05) is 0 Å². The molecule has 1 fully saturated rings. The molecule has 2 aromatic rings. The number of aryl methyl sites for hydroxylation is 2. The molecular weight excluding hydrogens is 366 g/mol. The van der Waals surface area contributed by atoms with Crippen molar-refractivity contribution in [2.24, 2.45) is 7.05 Å². The van der Waals surface area contributed by atoms with E-state index in [1.54, 1.807) is 11.9 Å². The van der Waals surface area contributed by atoms with Crippen LogP contribution in [0.2, 0.25) is 0 Å². The lowest BCUT2D eigenvalue weighted by molar-refractivity contribution is -0.123. The largest absolute Gasteiger partial charge is 0.353 e. The Bertz CT molecular complexity index is 925. The van der Waals surface area contributed by atoms with Crippen molar-refractivity contribution in [2.45, 2.75) is 26.8 Å². The number of fused-ring (bicyclic) bond motifs is 1. The molecule has 1 aliphatic heterocycles. The van der Waals surface area contributed by atoms with E-state index < -0.39 is 0 Å². The van der Waals surface area contributed by atoms with Crippen molar-refractivity contribution in [1.82, 2.24) is 24.7 Å². The van der Waals surface area contributed by atoms with Crippen LogP contribution < -0.4 is 10.9 Å². The van der Waals surface area contributed by atoms with E-state index in [2.05, 4.69) is 15.2 Å². The normalized spacial score (nSPS) is 15.5. The predicted molar refractivity (Wildman–Crippen MR) is 105 cm³/mol. The topological polar surface area (TPSA) is 87.5 Å². The number of piperazine rings is 1. The highest BCUT2D eigenvalue weighted by Gasteiger charge is 2.27. The van der Waals surface area contributed by atoms with Gasteiger partial charge in [0.25, 0.3) is 11.5 Å². The minimum absolute atomic E-state index is 0.00652. The molecule has 1 aliphatic rings. The molecule has 0 bridgehead atoms. The number of carbonyl (C=O) groups is 2. The summed E-state index contributed by atoms with van der Waals surface area (Å²) >= 11 is 1.27. The number of carbonyl (C=O) groups excluding carboxylic acids is 2. The van der Waals surface area contributed by atoms with Crippen LogP contribution in [0, 0.1) is 6.92 Å².